The standard InChI is InChI=1S/C8H14N2O2S/c1-7-5-13-6-10(7)2-3-12-8(11)4-9/h5H,2-4,6,9H2,1H3. The second-order valence-electron chi connectivity index (χ2n) is 2.74. The Hall–Kier alpha value is -0.680. The molecule has 0 aromatic carbocycles. The van der Waals surface area contributed by atoms with E-state index in [9.17, 15) is 4.79 Å². The molecular weight excluding hydrogens is 188 g/mol. The van der Waals surface area contributed by atoms with Crippen LogP contribution >= 0.6 is 11.8 Å². The zero-order valence-corrected chi connectivity index (χ0v) is 8.47. The molecule has 2 N–H and O–H groups in total. The molecule has 0 atom stereocenters. The van der Waals surface area contributed by atoms with Crippen LogP contribution in [-0.2, 0) is 9.53 Å². The van der Waals surface area contributed by atoms with Gasteiger partial charge in [0, 0.05) is 5.70 Å². The number of carbonyl (C=O) groups excluding carboxylic acids is 1. The summed E-state index contributed by atoms with van der Waals surface area (Å²) in [5, 5.41) is 2.10. The van der Waals surface area contributed by atoms with Crippen molar-refractivity contribution in [3.05, 3.63) is 11.1 Å². The Morgan fingerprint density at radius 3 is 3.15 bits per heavy atom. The van der Waals surface area contributed by atoms with E-state index in [2.05, 4.69) is 10.3 Å². The molecule has 0 saturated heterocycles. The second-order valence-corrected chi connectivity index (χ2v) is 3.57. The Kier molecular flexibility index (Phi) is 4.11. The van der Waals surface area contributed by atoms with Gasteiger partial charge in [0.2, 0.25) is 0 Å². The van der Waals surface area contributed by atoms with Crippen LogP contribution in [0.1, 0.15) is 6.92 Å². The lowest BCUT2D eigenvalue weighted by Gasteiger charge is -2.18. The second kappa shape index (κ2) is 5.14. The summed E-state index contributed by atoms with van der Waals surface area (Å²) in [6.45, 7) is 3.18. The number of hydrogen-bond acceptors (Lipinski definition) is 5. The molecule has 1 aliphatic heterocycles. The number of nitrogens with two attached hydrogens (primary N) is 1. The van der Waals surface area contributed by atoms with E-state index in [0.29, 0.717) is 6.61 Å². The van der Waals surface area contributed by atoms with Crippen molar-refractivity contribution in [3.63, 3.8) is 0 Å². The van der Waals surface area contributed by atoms with E-state index < -0.39 is 0 Å². The van der Waals surface area contributed by atoms with Gasteiger partial charge in [-0.1, -0.05) is 0 Å². The van der Waals surface area contributed by atoms with Crippen LogP contribution in [0.25, 0.3) is 0 Å². The van der Waals surface area contributed by atoms with Crippen molar-refractivity contribution in [3.8, 4) is 0 Å². The van der Waals surface area contributed by atoms with Crippen molar-refractivity contribution in [1.82, 2.24) is 4.90 Å². The van der Waals surface area contributed by atoms with E-state index in [1.54, 1.807) is 11.8 Å². The van der Waals surface area contributed by atoms with Gasteiger partial charge < -0.3 is 15.4 Å². The van der Waals surface area contributed by atoms with Crippen LogP contribution in [0.4, 0.5) is 0 Å². The lowest BCUT2D eigenvalue weighted by atomic mass is 10.5. The molecule has 5 heteroatoms. The molecule has 0 saturated carbocycles. The molecule has 74 valence electrons. The molecule has 0 bridgehead atoms. The predicted octanol–water partition coefficient (Wildman–Crippen LogP) is 0.356. The number of allylic oxidation sites excluding steroid dienone is 1. The van der Waals surface area contributed by atoms with Gasteiger partial charge in [-0.05, 0) is 12.3 Å². The van der Waals surface area contributed by atoms with Crippen molar-refractivity contribution < 1.29 is 9.53 Å². The van der Waals surface area contributed by atoms with Crippen molar-refractivity contribution in [2.45, 2.75) is 6.92 Å². The van der Waals surface area contributed by atoms with Crippen molar-refractivity contribution in [2.24, 2.45) is 5.73 Å². The largest absolute Gasteiger partial charge is 0.463 e. The molecule has 0 aromatic rings. The van der Waals surface area contributed by atoms with Gasteiger partial charge in [0.1, 0.15) is 6.61 Å². The van der Waals surface area contributed by atoms with E-state index in [-0.39, 0.29) is 12.5 Å². The van der Waals surface area contributed by atoms with Gasteiger partial charge in [0.15, 0.2) is 0 Å². The minimum absolute atomic E-state index is 0.0381. The topological polar surface area (TPSA) is 55.6 Å². The summed E-state index contributed by atoms with van der Waals surface area (Å²) in [5.74, 6) is 0.611. The van der Waals surface area contributed by atoms with E-state index in [1.165, 1.54) is 5.70 Å². The quantitative estimate of drug-likeness (QED) is 0.667. The average molecular weight is 202 g/mol. The molecule has 13 heavy (non-hydrogen) atoms. The molecule has 0 spiro atoms. The fourth-order valence-corrected chi connectivity index (χ4v) is 1.97. The predicted molar refractivity (Wildman–Crippen MR) is 52.9 cm³/mol. The third-order valence-electron chi connectivity index (χ3n) is 1.77. The zero-order chi connectivity index (χ0) is 9.68. The molecule has 0 radical (unpaired) electrons. The van der Waals surface area contributed by atoms with E-state index in [0.717, 1.165) is 12.4 Å². The van der Waals surface area contributed by atoms with Gasteiger partial charge in [0.05, 0.1) is 19.0 Å². The first-order valence-corrected chi connectivity index (χ1v) is 5.18. The first-order chi connectivity index (χ1) is 6.24. The maximum atomic E-state index is 10.7. The molecule has 0 amide bonds. The molecule has 0 aromatic heterocycles. The van der Waals surface area contributed by atoms with Crippen LogP contribution in [0.15, 0.2) is 11.1 Å². The van der Waals surface area contributed by atoms with Gasteiger partial charge in [-0.15, -0.1) is 11.8 Å². The highest BCUT2D eigenvalue weighted by Gasteiger charge is 2.11. The molecule has 0 fully saturated rings. The summed E-state index contributed by atoms with van der Waals surface area (Å²) in [7, 11) is 0. The van der Waals surface area contributed by atoms with E-state index in [1.807, 2.05) is 6.92 Å². The van der Waals surface area contributed by atoms with Crippen LogP contribution in [0, 0.1) is 0 Å². The average Bonchev–Trinajstić information content (AvgIpc) is 2.52. The first kappa shape index (κ1) is 10.4. The minimum atomic E-state index is -0.339. The number of ether oxygens (including phenoxy) is 1. The highest BCUT2D eigenvalue weighted by molar-refractivity contribution is 8.02. The molecule has 0 unspecified atom stereocenters. The molecule has 1 heterocycles. The zero-order valence-electron chi connectivity index (χ0n) is 7.66. The van der Waals surface area contributed by atoms with Crippen LogP contribution in [-0.4, -0.2) is 36.4 Å². The number of thioether (sulfide) groups is 1. The van der Waals surface area contributed by atoms with Crippen LogP contribution in [0.2, 0.25) is 0 Å². The molecule has 4 nitrogen and oxygen atoms in total. The maximum absolute atomic E-state index is 10.7. The number of esters is 1. The van der Waals surface area contributed by atoms with Gasteiger partial charge in [-0.2, -0.15) is 0 Å². The van der Waals surface area contributed by atoms with E-state index >= 15 is 0 Å². The SMILES string of the molecule is CC1=CSCN1CCOC(=O)CN. The lowest BCUT2D eigenvalue weighted by Crippen LogP contribution is -2.26. The summed E-state index contributed by atoms with van der Waals surface area (Å²) in [6, 6.07) is 0. The molecule has 1 aliphatic rings. The molecule has 1 rings (SSSR count). The highest BCUT2D eigenvalue weighted by Crippen LogP contribution is 2.21. The van der Waals surface area contributed by atoms with Crippen LogP contribution in [0.5, 0.6) is 0 Å². The molecule has 0 aliphatic carbocycles. The maximum Gasteiger partial charge on any atom is 0.319 e. The van der Waals surface area contributed by atoms with Gasteiger partial charge in [-0.3, -0.25) is 4.79 Å². The third-order valence-corrected chi connectivity index (χ3v) is 2.74. The van der Waals surface area contributed by atoms with Crippen molar-refractivity contribution in [1.29, 1.82) is 0 Å². The van der Waals surface area contributed by atoms with Crippen molar-refractivity contribution in [2.75, 3.05) is 25.6 Å². The van der Waals surface area contributed by atoms with Crippen LogP contribution < -0.4 is 5.73 Å². The number of rotatable bonds is 4. The normalized spacial score (nSPS) is 15.8. The molecular formula is C8H14N2O2S. The summed E-state index contributed by atoms with van der Waals surface area (Å²) in [5.41, 5.74) is 6.32. The Balaban J connectivity index is 2.13. The van der Waals surface area contributed by atoms with Crippen molar-refractivity contribution >= 4 is 17.7 Å². The smallest absolute Gasteiger partial charge is 0.319 e. The highest BCUT2D eigenvalue weighted by atomic mass is 32.2. The summed E-state index contributed by atoms with van der Waals surface area (Å²) >= 11 is 1.75. The number of carbonyl (C=O) groups is 1. The number of hydrogen-bond donors (Lipinski definition) is 1. The van der Waals surface area contributed by atoms with Gasteiger partial charge in [0.25, 0.3) is 0 Å². The Morgan fingerprint density at radius 1 is 1.85 bits per heavy atom. The Bertz CT molecular complexity index is 218. The fraction of sp³-hybridized carbons (Fsp3) is 0.625. The fourth-order valence-electron chi connectivity index (χ4n) is 0.994. The summed E-state index contributed by atoms with van der Waals surface area (Å²) < 4.78 is 4.86. The third kappa shape index (κ3) is 3.28. The summed E-state index contributed by atoms with van der Waals surface area (Å²) in [6.07, 6.45) is 0. The summed E-state index contributed by atoms with van der Waals surface area (Å²) in [4.78, 5) is 12.8. The van der Waals surface area contributed by atoms with Crippen LogP contribution in [0.3, 0.4) is 0 Å². The Labute approximate surface area is 82.1 Å². The number of nitrogens with zero attached hydrogens (tertiary/aromatic N) is 1. The van der Waals surface area contributed by atoms with Gasteiger partial charge >= 0.3 is 5.97 Å². The minimum Gasteiger partial charge on any atom is -0.463 e. The van der Waals surface area contributed by atoms with E-state index in [4.69, 9.17) is 10.5 Å². The van der Waals surface area contributed by atoms with Gasteiger partial charge in [-0.25, -0.2) is 0 Å². The first-order valence-electron chi connectivity index (χ1n) is 4.13. The Morgan fingerprint density at radius 2 is 2.62 bits per heavy atom. The lowest BCUT2D eigenvalue weighted by molar-refractivity contribution is -0.142. The monoisotopic (exact) mass is 202 g/mol.